The first kappa shape index (κ1) is 16.6. The Bertz CT molecular complexity index is 508. The van der Waals surface area contributed by atoms with E-state index in [9.17, 15) is 10.2 Å². The Morgan fingerprint density at radius 2 is 1.95 bits per heavy atom. The van der Waals surface area contributed by atoms with Gasteiger partial charge in [-0.3, -0.25) is 0 Å². The summed E-state index contributed by atoms with van der Waals surface area (Å²) in [6.07, 6.45) is 6.93. The number of benzene rings is 1. The second-order valence-electron chi connectivity index (χ2n) is 6.52. The lowest BCUT2D eigenvalue weighted by Gasteiger charge is -2.55. The van der Waals surface area contributed by atoms with E-state index in [0.717, 1.165) is 45.1 Å². The van der Waals surface area contributed by atoms with Gasteiger partial charge in [0.05, 0.1) is 5.60 Å². The average molecular weight is 312 g/mol. The zero-order valence-electron chi connectivity index (χ0n) is 12.7. The highest BCUT2D eigenvalue weighted by Crippen LogP contribution is 2.54. The number of hydrogen-bond acceptors (Lipinski definition) is 3. The molecule has 0 radical (unpaired) electrons. The molecule has 4 heteroatoms. The highest BCUT2D eigenvalue weighted by molar-refractivity contribution is 5.85. The third kappa shape index (κ3) is 2.56. The van der Waals surface area contributed by atoms with Gasteiger partial charge in [-0.1, -0.05) is 18.9 Å². The molecule has 1 aromatic rings. The van der Waals surface area contributed by atoms with Crippen molar-refractivity contribution in [2.45, 2.75) is 56.0 Å². The minimum Gasteiger partial charge on any atom is -0.508 e. The van der Waals surface area contributed by atoms with Crippen LogP contribution in [0.25, 0.3) is 0 Å². The van der Waals surface area contributed by atoms with Gasteiger partial charge in [-0.2, -0.15) is 0 Å². The summed E-state index contributed by atoms with van der Waals surface area (Å²) in [4.78, 5) is 0. The number of phenols is 1. The van der Waals surface area contributed by atoms with Crippen LogP contribution < -0.4 is 5.32 Å². The molecule has 3 N–H and O–H groups in total. The van der Waals surface area contributed by atoms with Crippen LogP contribution in [-0.2, 0) is 11.8 Å². The van der Waals surface area contributed by atoms with Gasteiger partial charge < -0.3 is 15.5 Å². The van der Waals surface area contributed by atoms with E-state index in [4.69, 9.17) is 0 Å². The van der Waals surface area contributed by atoms with Crippen molar-refractivity contribution in [3.05, 3.63) is 29.3 Å². The first-order chi connectivity index (χ1) is 9.61. The van der Waals surface area contributed by atoms with Crippen molar-refractivity contribution >= 4 is 12.4 Å². The fourth-order valence-electron chi connectivity index (χ4n) is 4.47. The molecular formula is C17H26ClNO2. The largest absolute Gasteiger partial charge is 0.508 e. The number of fused-ring (bicyclic) bond motifs is 3. The molecule has 1 saturated carbocycles. The number of hydrogen-bond donors (Lipinski definition) is 3. The summed E-state index contributed by atoms with van der Waals surface area (Å²) < 4.78 is 0. The molecule has 0 aromatic heterocycles. The van der Waals surface area contributed by atoms with Crippen molar-refractivity contribution in [2.75, 3.05) is 13.6 Å². The van der Waals surface area contributed by atoms with E-state index >= 15 is 0 Å². The predicted molar refractivity (Wildman–Crippen MR) is 87.3 cm³/mol. The SMILES string of the molecule is CNCCC12CCCCC1(O)CCc1ccc(O)cc12.Cl. The molecule has 0 amide bonds. The van der Waals surface area contributed by atoms with E-state index < -0.39 is 5.60 Å². The van der Waals surface area contributed by atoms with Crippen LogP contribution in [0.4, 0.5) is 0 Å². The lowest BCUT2D eigenvalue weighted by molar-refractivity contribution is -0.0867. The van der Waals surface area contributed by atoms with Gasteiger partial charge in [0, 0.05) is 5.41 Å². The second-order valence-corrected chi connectivity index (χ2v) is 6.52. The Labute approximate surface area is 133 Å². The fourth-order valence-corrected chi connectivity index (χ4v) is 4.47. The monoisotopic (exact) mass is 311 g/mol. The van der Waals surface area contributed by atoms with Crippen LogP contribution in [0.2, 0.25) is 0 Å². The lowest BCUT2D eigenvalue weighted by Crippen LogP contribution is -2.57. The Morgan fingerprint density at radius 3 is 2.71 bits per heavy atom. The van der Waals surface area contributed by atoms with Gasteiger partial charge in [-0.25, -0.2) is 0 Å². The molecule has 0 aliphatic heterocycles. The van der Waals surface area contributed by atoms with Gasteiger partial charge in [0.1, 0.15) is 5.75 Å². The molecule has 3 nitrogen and oxygen atoms in total. The molecule has 0 saturated heterocycles. The zero-order chi connectivity index (χ0) is 14.2. The highest BCUT2D eigenvalue weighted by atomic mass is 35.5. The predicted octanol–water partition coefficient (Wildman–Crippen LogP) is 2.91. The molecule has 3 rings (SSSR count). The van der Waals surface area contributed by atoms with Gasteiger partial charge in [-0.15, -0.1) is 12.4 Å². The normalized spacial score (nSPS) is 31.0. The summed E-state index contributed by atoms with van der Waals surface area (Å²) in [5.41, 5.74) is 1.73. The molecule has 118 valence electrons. The maximum atomic E-state index is 11.3. The van der Waals surface area contributed by atoms with Crippen LogP contribution in [-0.4, -0.2) is 29.4 Å². The van der Waals surface area contributed by atoms with E-state index in [2.05, 4.69) is 5.32 Å². The molecule has 21 heavy (non-hydrogen) atoms. The Hall–Kier alpha value is -0.770. The standard InChI is InChI=1S/C17H25NO2.ClH/c1-18-11-10-16-7-2-3-8-17(16,20)9-6-13-4-5-14(19)12-15(13)16;/h4-5,12,18-20H,2-3,6-11H2,1H3;1H. The average Bonchev–Trinajstić information content (AvgIpc) is 2.45. The van der Waals surface area contributed by atoms with Crippen molar-refractivity contribution in [2.24, 2.45) is 0 Å². The van der Waals surface area contributed by atoms with Crippen LogP contribution in [0.1, 0.15) is 49.7 Å². The van der Waals surface area contributed by atoms with E-state index in [1.54, 1.807) is 6.07 Å². The molecule has 2 aliphatic carbocycles. The van der Waals surface area contributed by atoms with E-state index in [1.807, 2.05) is 19.2 Å². The Kier molecular flexibility index (Phi) is 4.86. The van der Waals surface area contributed by atoms with Crippen LogP contribution in [0.5, 0.6) is 5.75 Å². The maximum Gasteiger partial charge on any atom is 0.115 e. The minimum atomic E-state index is -0.594. The van der Waals surface area contributed by atoms with E-state index in [1.165, 1.54) is 17.5 Å². The number of rotatable bonds is 3. The number of phenolic OH excluding ortho intramolecular Hbond substituents is 1. The lowest BCUT2D eigenvalue weighted by atomic mass is 9.53. The fraction of sp³-hybridized carbons (Fsp3) is 0.647. The Balaban J connectivity index is 0.00000161. The second kappa shape index (κ2) is 6.15. The van der Waals surface area contributed by atoms with Crippen LogP contribution in [0.15, 0.2) is 18.2 Å². The molecule has 0 spiro atoms. The van der Waals surface area contributed by atoms with Gasteiger partial charge in [0.15, 0.2) is 0 Å². The molecule has 2 atom stereocenters. The number of aromatic hydroxyl groups is 1. The quantitative estimate of drug-likeness (QED) is 0.804. The van der Waals surface area contributed by atoms with E-state index in [0.29, 0.717) is 5.75 Å². The summed E-state index contributed by atoms with van der Waals surface area (Å²) in [5.74, 6) is 0.322. The van der Waals surface area contributed by atoms with Gasteiger partial charge in [0.2, 0.25) is 0 Å². The third-order valence-electron chi connectivity index (χ3n) is 5.55. The maximum absolute atomic E-state index is 11.3. The van der Waals surface area contributed by atoms with Crippen molar-refractivity contribution in [3.8, 4) is 5.75 Å². The van der Waals surface area contributed by atoms with Crippen molar-refractivity contribution in [3.63, 3.8) is 0 Å². The van der Waals surface area contributed by atoms with Crippen molar-refractivity contribution < 1.29 is 10.2 Å². The highest BCUT2D eigenvalue weighted by Gasteiger charge is 2.54. The zero-order valence-corrected chi connectivity index (χ0v) is 13.5. The number of halogens is 1. The first-order valence-corrected chi connectivity index (χ1v) is 7.81. The number of aliphatic hydroxyl groups is 1. The molecule has 1 aromatic carbocycles. The van der Waals surface area contributed by atoms with Crippen LogP contribution in [0, 0.1) is 0 Å². The van der Waals surface area contributed by atoms with Crippen LogP contribution in [0.3, 0.4) is 0 Å². The summed E-state index contributed by atoms with van der Waals surface area (Å²) in [6.45, 7) is 0.900. The van der Waals surface area contributed by atoms with Gasteiger partial charge >= 0.3 is 0 Å². The third-order valence-corrected chi connectivity index (χ3v) is 5.55. The minimum absolute atomic E-state index is 0. The topological polar surface area (TPSA) is 52.5 Å². The van der Waals surface area contributed by atoms with Crippen LogP contribution >= 0.6 is 12.4 Å². The summed E-state index contributed by atoms with van der Waals surface area (Å²) in [7, 11) is 1.96. The molecular weight excluding hydrogens is 286 g/mol. The first-order valence-electron chi connectivity index (χ1n) is 7.81. The molecule has 0 heterocycles. The molecule has 1 fully saturated rings. The van der Waals surface area contributed by atoms with Crippen molar-refractivity contribution in [1.29, 1.82) is 0 Å². The molecule has 2 unspecified atom stereocenters. The Morgan fingerprint density at radius 1 is 1.19 bits per heavy atom. The van der Waals surface area contributed by atoms with E-state index in [-0.39, 0.29) is 17.8 Å². The summed E-state index contributed by atoms with van der Waals surface area (Å²) >= 11 is 0. The smallest absolute Gasteiger partial charge is 0.115 e. The van der Waals surface area contributed by atoms with Crippen molar-refractivity contribution in [1.82, 2.24) is 5.32 Å². The number of aryl methyl sites for hydroxylation is 1. The number of nitrogens with one attached hydrogen (secondary N) is 1. The molecule has 0 bridgehead atoms. The van der Waals surface area contributed by atoms with Gasteiger partial charge in [-0.05, 0) is 69.0 Å². The summed E-state index contributed by atoms with van der Waals surface area (Å²) in [6, 6.07) is 5.72. The summed E-state index contributed by atoms with van der Waals surface area (Å²) in [5, 5.41) is 24.4. The molecule has 2 aliphatic rings. The van der Waals surface area contributed by atoms with Gasteiger partial charge in [0.25, 0.3) is 0 Å².